The number of rotatable bonds is 0. The van der Waals surface area contributed by atoms with Crippen LogP contribution >= 0.6 is 0 Å². The predicted molar refractivity (Wildman–Crippen MR) is 125 cm³/mol. The average molecular weight is 351 g/mol. The second-order valence-corrected chi connectivity index (χ2v) is 5.30. The first kappa shape index (κ1) is 23.9. The van der Waals surface area contributed by atoms with E-state index in [2.05, 4.69) is 62.4 Å². The zero-order valence-corrected chi connectivity index (χ0v) is 18.6. The molecule has 0 spiro atoms. The van der Waals surface area contributed by atoms with Gasteiger partial charge in [-0.3, -0.25) is 0 Å². The highest BCUT2D eigenvalue weighted by atomic mass is 14.1. The van der Waals surface area contributed by atoms with Crippen LogP contribution in [0.25, 0.3) is 32.3 Å². The van der Waals surface area contributed by atoms with Crippen molar-refractivity contribution in [2.24, 2.45) is 0 Å². The van der Waals surface area contributed by atoms with Crippen molar-refractivity contribution in [1.82, 2.24) is 0 Å². The zero-order chi connectivity index (χ0) is 20.3. The molecule has 0 fully saturated rings. The minimum absolute atomic E-state index is 1.33. The minimum atomic E-state index is 1.33. The lowest BCUT2D eigenvalue weighted by Gasteiger charge is -2.12. The number of aryl methyl sites for hydroxylation is 2. The summed E-state index contributed by atoms with van der Waals surface area (Å²) >= 11 is 0. The van der Waals surface area contributed by atoms with Crippen molar-refractivity contribution in [3.63, 3.8) is 0 Å². The van der Waals surface area contributed by atoms with E-state index in [4.69, 9.17) is 0 Å². The van der Waals surface area contributed by atoms with Gasteiger partial charge in [-0.25, -0.2) is 0 Å². The molecule has 0 N–H and O–H groups in total. The lowest BCUT2D eigenvalue weighted by Crippen LogP contribution is -1.86. The van der Waals surface area contributed by atoms with E-state index in [9.17, 15) is 0 Å². The Bertz CT molecular complexity index is 743. The Labute approximate surface area is 161 Å². The fourth-order valence-electron chi connectivity index (χ4n) is 3.15. The van der Waals surface area contributed by atoms with Gasteiger partial charge in [-0.15, -0.1) is 0 Å². The van der Waals surface area contributed by atoms with Crippen LogP contribution in [0.2, 0.25) is 0 Å². The van der Waals surface area contributed by atoms with Gasteiger partial charge in [0.2, 0.25) is 0 Å². The molecule has 142 valence electrons. The Morgan fingerprint density at radius 1 is 0.385 bits per heavy atom. The molecule has 0 saturated carbocycles. The van der Waals surface area contributed by atoms with Crippen molar-refractivity contribution in [3.8, 4) is 0 Å². The normalized spacial score (nSPS) is 9.15. The Morgan fingerprint density at radius 2 is 0.577 bits per heavy atom. The van der Waals surface area contributed by atoms with E-state index < -0.39 is 0 Å². The van der Waals surface area contributed by atoms with Gasteiger partial charge in [-0.2, -0.15) is 0 Å². The van der Waals surface area contributed by atoms with Crippen molar-refractivity contribution in [1.29, 1.82) is 0 Å². The first-order valence-corrected chi connectivity index (χ1v) is 10.4. The van der Waals surface area contributed by atoms with Gasteiger partial charge in [-0.1, -0.05) is 104 Å². The van der Waals surface area contributed by atoms with Crippen LogP contribution in [-0.2, 0) is 0 Å². The first-order chi connectivity index (χ1) is 12.7. The summed E-state index contributed by atoms with van der Waals surface area (Å²) in [6.45, 7) is 20.3. The highest BCUT2D eigenvalue weighted by Crippen LogP contribution is 2.35. The molecule has 0 amide bonds. The molecule has 0 bridgehead atoms. The third kappa shape index (κ3) is 4.97. The quantitative estimate of drug-likeness (QED) is 0.277. The molecule has 0 radical (unpaired) electrons. The molecule has 0 atom stereocenters. The second-order valence-electron chi connectivity index (χ2n) is 5.30. The molecule has 0 aliphatic carbocycles. The molecule has 0 aliphatic heterocycles. The molecule has 4 aromatic rings. The summed E-state index contributed by atoms with van der Waals surface area (Å²) < 4.78 is 0. The van der Waals surface area contributed by atoms with Gasteiger partial charge in [0, 0.05) is 0 Å². The molecule has 4 rings (SSSR count). The van der Waals surface area contributed by atoms with Gasteiger partial charge >= 0.3 is 0 Å². The van der Waals surface area contributed by atoms with Gasteiger partial charge in [0.05, 0.1) is 0 Å². The lowest BCUT2D eigenvalue weighted by atomic mass is 9.92. The summed E-state index contributed by atoms with van der Waals surface area (Å²) in [7, 11) is 0. The third-order valence-corrected chi connectivity index (χ3v) is 3.82. The van der Waals surface area contributed by atoms with Gasteiger partial charge in [-0.05, 0) is 57.3 Å². The molecule has 0 aromatic heterocycles. The van der Waals surface area contributed by atoms with Gasteiger partial charge in [0.25, 0.3) is 0 Å². The standard InChI is InChI=1S/C18H14.4C2H6/c1-11-7-13-3-5-15-9-12(2)10-16-6-4-14(8-11)17(13)18(15)16;4*1-2/h3-10H,1-2H3;4*1-2H3. The minimum Gasteiger partial charge on any atom is -0.0683 e. The largest absolute Gasteiger partial charge is 0.0683 e. The van der Waals surface area contributed by atoms with E-state index in [0.717, 1.165) is 0 Å². The number of hydrogen-bond donors (Lipinski definition) is 0. The molecular weight excluding hydrogens is 312 g/mol. The van der Waals surface area contributed by atoms with Crippen LogP contribution in [0.4, 0.5) is 0 Å². The molecule has 0 heteroatoms. The highest BCUT2D eigenvalue weighted by Gasteiger charge is 2.08. The topological polar surface area (TPSA) is 0 Å². The van der Waals surface area contributed by atoms with Crippen molar-refractivity contribution in [2.75, 3.05) is 0 Å². The lowest BCUT2D eigenvalue weighted by molar-refractivity contribution is 1.50. The summed E-state index contributed by atoms with van der Waals surface area (Å²) in [5.74, 6) is 0. The number of benzene rings is 4. The van der Waals surface area contributed by atoms with Crippen LogP contribution in [0.15, 0.2) is 48.5 Å². The Morgan fingerprint density at radius 3 is 0.769 bits per heavy atom. The van der Waals surface area contributed by atoms with Crippen LogP contribution in [0.5, 0.6) is 0 Å². The third-order valence-electron chi connectivity index (χ3n) is 3.82. The maximum Gasteiger partial charge on any atom is -0.00266 e. The van der Waals surface area contributed by atoms with Crippen LogP contribution in [-0.4, -0.2) is 0 Å². The summed E-state index contributed by atoms with van der Waals surface area (Å²) in [4.78, 5) is 0. The summed E-state index contributed by atoms with van der Waals surface area (Å²) in [5, 5.41) is 8.24. The van der Waals surface area contributed by atoms with Crippen LogP contribution < -0.4 is 0 Å². The van der Waals surface area contributed by atoms with Gasteiger partial charge < -0.3 is 0 Å². The van der Waals surface area contributed by atoms with E-state index in [1.165, 1.54) is 43.4 Å². The molecule has 0 nitrogen and oxygen atoms in total. The van der Waals surface area contributed by atoms with Crippen LogP contribution in [0.1, 0.15) is 66.5 Å². The first-order valence-electron chi connectivity index (χ1n) is 10.4. The smallest absolute Gasteiger partial charge is 0.00266 e. The van der Waals surface area contributed by atoms with E-state index in [0.29, 0.717) is 0 Å². The van der Waals surface area contributed by atoms with Crippen molar-refractivity contribution in [2.45, 2.75) is 69.2 Å². The predicted octanol–water partition coefficient (Wildman–Crippen LogP) is 9.31. The van der Waals surface area contributed by atoms with E-state index >= 15 is 0 Å². The Kier molecular flexibility index (Phi) is 11.3. The molecule has 26 heavy (non-hydrogen) atoms. The Hall–Kier alpha value is -2.08. The second kappa shape index (κ2) is 12.3. The molecule has 0 saturated heterocycles. The highest BCUT2D eigenvalue weighted by molar-refractivity contribution is 6.23. The summed E-state index contributed by atoms with van der Waals surface area (Å²) in [6.07, 6.45) is 0. The molecule has 0 aliphatic rings. The van der Waals surface area contributed by atoms with Crippen LogP contribution in [0.3, 0.4) is 0 Å². The zero-order valence-electron chi connectivity index (χ0n) is 18.6. The Balaban J connectivity index is 0.000000698. The summed E-state index contributed by atoms with van der Waals surface area (Å²) in [6, 6.07) is 18.1. The van der Waals surface area contributed by atoms with Crippen LogP contribution in [0, 0.1) is 13.8 Å². The van der Waals surface area contributed by atoms with Gasteiger partial charge in [0.15, 0.2) is 0 Å². The fourth-order valence-corrected chi connectivity index (χ4v) is 3.15. The fraction of sp³-hybridized carbons (Fsp3) is 0.385. The van der Waals surface area contributed by atoms with Crippen molar-refractivity contribution < 1.29 is 0 Å². The molecule has 0 heterocycles. The summed E-state index contributed by atoms with van der Waals surface area (Å²) in [5.41, 5.74) is 2.66. The van der Waals surface area contributed by atoms with E-state index in [-0.39, 0.29) is 0 Å². The molecular formula is C26H38. The monoisotopic (exact) mass is 350 g/mol. The van der Waals surface area contributed by atoms with Gasteiger partial charge in [0.1, 0.15) is 0 Å². The molecule has 4 aromatic carbocycles. The average Bonchev–Trinajstić information content (AvgIpc) is 2.71. The maximum absolute atomic E-state index is 2.28. The molecule has 0 unspecified atom stereocenters. The van der Waals surface area contributed by atoms with Crippen molar-refractivity contribution in [3.05, 3.63) is 59.7 Å². The van der Waals surface area contributed by atoms with Crippen molar-refractivity contribution >= 4 is 32.3 Å². The van der Waals surface area contributed by atoms with E-state index in [1.807, 2.05) is 55.4 Å². The number of hydrogen-bond acceptors (Lipinski definition) is 0. The van der Waals surface area contributed by atoms with E-state index in [1.54, 1.807) is 0 Å². The SMILES string of the molecule is CC.CC.CC.CC.Cc1cc2ccc3cc(C)cc4ccc(c1)c2c34. The maximum atomic E-state index is 2.28.